The topological polar surface area (TPSA) is 49.3 Å². The van der Waals surface area contributed by atoms with E-state index in [0.29, 0.717) is 0 Å². The van der Waals surface area contributed by atoms with E-state index in [0.717, 1.165) is 35.5 Å². The van der Waals surface area contributed by atoms with Gasteiger partial charge in [-0.3, -0.25) is 10.4 Å². The van der Waals surface area contributed by atoms with Crippen LogP contribution < -0.4 is 10.7 Å². The summed E-state index contributed by atoms with van der Waals surface area (Å²) in [6.07, 6.45) is 3.99. The van der Waals surface area contributed by atoms with Crippen LogP contribution in [0.4, 0.5) is 0 Å². The van der Waals surface area contributed by atoms with Crippen LogP contribution in [0, 0.1) is 6.92 Å². The molecule has 0 spiro atoms. The van der Waals surface area contributed by atoms with Crippen molar-refractivity contribution in [3.05, 3.63) is 76.8 Å². The Bertz CT molecular complexity index is 1090. The van der Waals surface area contributed by atoms with E-state index in [9.17, 15) is 0 Å². The summed E-state index contributed by atoms with van der Waals surface area (Å²) in [5, 5.41) is 11.5. The predicted molar refractivity (Wildman–Crippen MR) is 132 cm³/mol. The molecule has 1 aromatic heterocycles. The molecule has 1 atom stereocenters. The van der Waals surface area contributed by atoms with Gasteiger partial charge in [0, 0.05) is 21.7 Å². The van der Waals surface area contributed by atoms with Gasteiger partial charge in [0.25, 0.3) is 0 Å². The molecule has 1 aliphatic rings. The standard InChI is InChI=1S/C24H26N4S2/c1-16(27-28-24-26-22(15-30-24)18-9-5-4-6-10-18)13-14-19-17(2)25-21-12-8-7-11-20(21)23(19)29-3/h4-12,15,24,26,28H,13-14H2,1-3H3. The van der Waals surface area contributed by atoms with Crippen LogP contribution in [-0.4, -0.2) is 22.4 Å². The number of pyridine rings is 1. The van der Waals surface area contributed by atoms with E-state index in [1.807, 2.05) is 12.1 Å². The average Bonchev–Trinajstić information content (AvgIpc) is 3.25. The lowest BCUT2D eigenvalue weighted by Crippen LogP contribution is -2.32. The number of thioether (sulfide) groups is 2. The van der Waals surface area contributed by atoms with Gasteiger partial charge >= 0.3 is 0 Å². The molecule has 0 fully saturated rings. The van der Waals surface area contributed by atoms with Gasteiger partial charge in [0.1, 0.15) is 0 Å². The molecule has 2 heterocycles. The van der Waals surface area contributed by atoms with Crippen LogP contribution >= 0.6 is 23.5 Å². The summed E-state index contributed by atoms with van der Waals surface area (Å²) in [6, 6.07) is 18.8. The average molecular weight is 435 g/mol. The highest BCUT2D eigenvalue weighted by molar-refractivity contribution is 8.03. The molecule has 154 valence electrons. The Morgan fingerprint density at radius 1 is 1.17 bits per heavy atom. The molecule has 1 unspecified atom stereocenters. The molecule has 0 bridgehead atoms. The second-order valence-corrected chi connectivity index (χ2v) is 9.06. The second-order valence-electron chi connectivity index (χ2n) is 7.26. The number of hydrazone groups is 1. The Balaban J connectivity index is 1.38. The summed E-state index contributed by atoms with van der Waals surface area (Å²) in [7, 11) is 0. The molecule has 0 radical (unpaired) electrons. The number of benzene rings is 2. The Labute approximate surface area is 186 Å². The highest BCUT2D eigenvalue weighted by Gasteiger charge is 2.17. The molecule has 6 heteroatoms. The highest BCUT2D eigenvalue weighted by atomic mass is 32.2. The van der Waals surface area contributed by atoms with E-state index in [1.54, 1.807) is 23.5 Å². The van der Waals surface area contributed by atoms with Crippen molar-refractivity contribution in [3.63, 3.8) is 0 Å². The summed E-state index contributed by atoms with van der Waals surface area (Å²) in [6.45, 7) is 4.20. The van der Waals surface area contributed by atoms with Gasteiger partial charge in [0.15, 0.2) is 5.50 Å². The van der Waals surface area contributed by atoms with Gasteiger partial charge in [-0.2, -0.15) is 5.10 Å². The van der Waals surface area contributed by atoms with Crippen molar-refractivity contribution < 1.29 is 0 Å². The van der Waals surface area contributed by atoms with Crippen LogP contribution in [0.2, 0.25) is 0 Å². The first-order chi connectivity index (χ1) is 14.7. The lowest BCUT2D eigenvalue weighted by Gasteiger charge is -2.15. The summed E-state index contributed by atoms with van der Waals surface area (Å²) in [4.78, 5) is 6.16. The van der Waals surface area contributed by atoms with Crippen LogP contribution in [0.1, 0.15) is 30.2 Å². The van der Waals surface area contributed by atoms with Gasteiger partial charge in [-0.05, 0) is 55.5 Å². The third-order valence-electron chi connectivity index (χ3n) is 5.15. The number of aryl methyl sites for hydroxylation is 1. The van der Waals surface area contributed by atoms with Crippen molar-refractivity contribution in [2.75, 3.05) is 6.26 Å². The Kier molecular flexibility index (Phi) is 6.65. The fourth-order valence-electron chi connectivity index (χ4n) is 3.57. The monoisotopic (exact) mass is 434 g/mol. The number of rotatable bonds is 7. The van der Waals surface area contributed by atoms with Gasteiger partial charge in [-0.15, -0.1) is 11.8 Å². The maximum atomic E-state index is 4.82. The van der Waals surface area contributed by atoms with E-state index >= 15 is 0 Å². The third kappa shape index (κ3) is 4.65. The van der Waals surface area contributed by atoms with E-state index < -0.39 is 0 Å². The maximum absolute atomic E-state index is 4.82. The first kappa shape index (κ1) is 20.8. The molecule has 1 aliphatic heterocycles. The lowest BCUT2D eigenvalue weighted by molar-refractivity contribution is 0.651. The van der Waals surface area contributed by atoms with Crippen LogP contribution in [0.5, 0.6) is 0 Å². The molecule has 2 N–H and O–H groups in total. The lowest BCUT2D eigenvalue weighted by atomic mass is 10.0. The molecule has 2 aromatic carbocycles. The minimum Gasteiger partial charge on any atom is -0.355 e. The van der Waals surface area contributed by atoms with Crippen molar-refractivity contribution in [1.82, 2.24) is 15.7 Å². The van der Waals surface area contributed by atoms with Crippen LogP contribution in [0.3, 0.4) is 0 Å². The maximum Gasteiger partial charge on any atom is 0.165 e. The normalized spacial score (nSPS) is 16.4. The number of para-hydroxylation sites is 1. The molecule has 0 saturated carbocycles. The highest BCUT2D eigenvalue weighted by Crippen LogP contribution is 2.31. The molecular formula is C24H26N4S2. The smallest absolute Gasteiger partial charge is 0.165 e. The van der Waals surface area contributed by atoms with Gasteiger partial charge in [-0.25, -0.2) is 0 Å². The van der Waals surface area contributed by atoms with Crippen LogP contribution in [-0.2, 0) is 6.42 Å². The number of fused-ring (bicyclic) bond motifs is 1. The molecule has 0 amide bonds. The number of nitrogens with zero attached hydrogens (tertiary/aromatic N) is 2. The Morgan fingerprint density at radius 3 is 2.73 bits per heavy atom. The SMILES string of the molecule is CSc1c(CCC(C)=NNC2NC(c3ccccc3)=CS2)c(C)nc2ccccc12. The first-order valence-electron chi connectivity index (χ1n) is 10.0. The van der Waals surface area contributed by atoms with Crippen molar-refractivity contribution in [2.24, 2.45) is 5.10 Å². The van der Waals surface area contributed by atoms with Crippen LogP contribution in [0.25, 0.3) is 16.6 Å². The van der Waals surface area contributed by atoms with Gasteiger partial charge in [0.2, 0.25) is 0 Å². The number of nitrogens with one attached hydrogen (secondary N) is 2. The first-order valence-corrected chi connectivity index (χ1v) is 12.2. The van der Waals surface area contributed by atoms with E-state index in [4.69, 9.17) is 4.98 Å². The summed E-state index contributed by atoms with van der Waals surface area (Å²) in [5.74, 6) is 0. The molecule has 0 saturated heterocycles. The number of hydrogen-bond donors (Lipinski definition) is 2. The molecule has 0 aliphatic carbocycles. The zero-order valence-corrected chi connectivity index (χ0v) is 19.1. The number of hydrogen-bond acceptors (Lipinski definition) is 6. The van der Waals surface area contributed by atoms with E-state index in [2.05, 4.69) is 83.8 Å². The van der Waals surface area contributed by atoms with Crippen molar-refractivity contribution >= 4 is 45.8 Å². The molecule has 3 aromatic rings. The zero-order valence-electron chi connectivity index (χ0n) is 17.5. The largest absolute Gasteiger partial charge is 0.355 e. The molecule has 4 rings (SSSR count). The fraction of sp³-hybridized carbons (Fsp3) is 0.250. The Hall–Kier alpha value is -2.44. The summed E-state index contributed by atoms with van der Waals surface area (Å²) in [5.41, 5.74) is 10.2. The quantitative estimate of drug-likeness (QED) is 0.280. The van der Waals surface area contributed by atoms with Crippen molar-refractivity contribution in [2.45, 2.75) is 37.1 Å². The van der Waals surface area contributed by atoms with Gasteiger partial charge < -0.3 is 5.32 Å². The van der Waals surface area contributed by atoms with Gasteiger partial charge in [0.05, 0.1) is 11.2 Å². The fourth-order valence-corrected chi connectivity index (χ4v) is 5.25. The van der Waals surface area contributed by atoms with E-state index in [1.165, 1.54) is 21.4 Å². The molecular weight excluding hydrogens is 408 g/mol. The van der Waals surface area contributed by atoms with Crippen molar-refractivity contribution in [1.29, 1.82) is 0 Å². The van der Waals surface area contributed by atoms with Crippen molar-refractivity contribution in [3.8, 4) is 0 Å². The minimum absolute atomic E-state index is 0.0565. The molecule has 30 heavy (non-hydrogen) atoms. The third-order valence-corrected chi connectivity index (χ3v) is 6.90. The molecule has 4 nitrogen and oxygen atoms in total. The summed E-state index contributed by atoms with van der Waals surface area (Å²) < 4.78 is 0. The predicted octanol–water partition coefficient (Wildman–Crippen LogP) is 5.78. The Morgan fingerprint density at radius 2 is 1.93 bits per heavy atom. The van der Waals surface area contributed by atoms with E-state index in [-0.39, 0.29) is 5.50 Å². The summed E-state index contributed by atoms with van der Waals surface area (Å²) >= 11 is 3.51. The number of aromatic nitrogens is 1. The zero-order chi connectivity index (χ0) is 20.9. The minimum atomic E-state index is 0.0565. The van der Waals surface area contributed by atoms with Crippen LogP contribution in [0.15, 0.2) is 70.0 Å². The second kappa shape index (κ2) is 9.58. The van der Waals surface area contributed by atoms with Gasteiger partial charge in [-0.1, -0.05) is 60.3 Å².